The third-order valence-corrected chi connectivity index (χ3v) is 4.55. The molecule has 0 aliphatic heterocycles. The van der Waals surface area contributed by atoms with E-state index >= 15 is 0 Å². The number of ether oxygens (including phenoxy) is 2. The summed E-state index contributed by atoms with van der Waals surface area (Å²) in [6.07, 6.45) is 5.63. The average Bonchev–Trinajstić information content (AvgIpc) is 2.98. The number of rotatable bonds is 4. The number of nitrogens with two attached hydrogens (primary N) is 1. The molecule has 2 fully saturated rings. The first-order valence-electron chi connectivity index (χ1n) is 6.82. The highest BCUT2D eigenvalue weighted by Gasteiger charge is 2.39. The lowest BCUT2D eigenvalue weighted by molar-refractivity contribution is 0.195. The van der Waals surface area contributed by atoms with Crippen LogP contribution in [-0.4, -0.2) is 13.7 Å². The van der Waals surface area contributed by atoms with E-state index in [-0.39, 0.29) is 0 Å². The zero-order chi connectivity index (χ0) is 12.5. The van der Waals surface area contributed by atoms with Crippen LogP contribution in [0.25, 0.3) is 0 Å². The lowest BCUT2D eigenvalue weighted by atomic mass is 9.89. The van der Waals surface area contributed by atoms with Crippen LogP contribution in [0.15, 0.2) is 18.2 Å². The van der Waals surface area contributed by atoms with Crippen molar-refractivity contribution >= 4 is 5.69 Å². The summed E-state index contributed by atoms with van der Waals surface area (Å²) in [4.78, 5) is 0. The van der Waals surface area contributed by atoms with Gasteiger partial charge in [0.15, 0.2) is 0 Å². The Morgan fingerprint density at radius 3 is 2.78 bits per heavy atom. The molecule has 3 heteroatoms. The molecule has 3 nitrogen and oxygen atoms in total. The molecular weight excluding hydrogens is 226 g/mol. The van der Waals surface area contributed by atoms with Crippen molar-refractivity contribution < 1.29 is 9.47 Å². The van der Waals surface area contributed by atoms with Gasteiger partial charge >= 0.3 is 0 Å². The maximum absolute atomic E-state index is 5.89. The highest BCUT2D eigenvalue weighted by atomic mass is 16.5. The molecule has 98 valence electrons. The van der Waals surface area contributed by atoms with Crippen LogP contribution in [0.3, 0.4) is 0 Å². The van der Waals surface area contributed by atoms with Crippen LogP contribution in [0.1, 0.15) is 25.7 Å². The maximum atomic E-state index is 5.89. The van der Waals surface area contributed by atoms with E-state index in [1.54, 1.807) is 7.11 Å². The number of nitrogen functional groups attached to an aromatic ring is 1. The van der Waals surface area contributed by atoms with Gasteiger partial charge in [-0.1, -0.05) is 6.42 Å². The SMILES string of the molecule is COc1ccc(OCC2CC3CCC2C3)cc1N. The van der Waals surface area contributed by atoms with Crippen molar-refractivity contribution in [1.82, 2.24) is 0 Å². The second kappa shape index (κ2) is 4.71. The average molecular weight is 247 g/mol. The minimum absolute atomic E-state index is 0.642. The van der Waals surface area contributed by atoms with Crippen LogP contribution in [-0.2, 0) is 0 Å². The van der Waals surface area contributed by atoms with E-state index in [2.05, 4.69) is 0 Å². The summed E-state index contributed by atoms with van der Waals surface area (Å²) in [5.41, 5.74) is 6.51. The Balaban J connectivity index is 1.58. The van der Waals surface area contributed by atoms with Crippen molar-refractivity contribution in [2.75, 3.05) is 19.5 Å². The van der Waals surface area contributed by atoms with Crippen molar-refractivity contribution in [2.24, 2.45) is 17.8 Å². The highest BCUT2D eigenvalue weighted by Crippen LogP contribution is 2.48. The molecule has 0 heterocycles. The van der Waals surface area contributed by atoms with Gasteiger partial charge in [0, 0.05) is 6.07 Å². The Hall–Kier alpha value is -1.38. The maximum Gasteiger partial charge on any atom is 0.142 e. The van der Waals surface area contributed by atoms with Crippen molar-refractivity contribution in [3.63, 3.8) is 0 Å². The van der Waals surface area contributed by atoms with Crippen LogP contribution in [0.2, 0.25) is 0 Å². The predicted octanol–water partition coefficient (Wildman–Crippen LogP) is 3.09. The summed E-state index contributed by atoms with van der Waals surface area (Å²) in [6, 6.07) is 5.65. The third kappa shape index (κ3) is 2.14. The van der Waals surface area contributed by atoms with Gasteiger partial charge < -0.3 is 15.2 Å². The molecule has 3 rings (SSSR count). The zero-order valence-corrected chi connectivity index (χ0v) is 10.9. The molecular formula is C15H21NO2. The second-order valence-electron chi connectivity index (χ2n) is 5.65. The fraction of sp³-hybridized carbons (Fsp3) is 0.600. The number of anilines is 1. The van der Waals surface area contributed by atoms with E-state index in [4.69, 9.17) is 15.2 Å². The number of hydrogen-bond donors (Lipinski definition) is 1. The van der Waals surface area contributed by atoms with Gasteiger partial charge in [-0.25, -0.2) is 0 Å². The molecule has 0 radical (unpaired) electrons. The van der Waals surface area contributed by atoms with Crippen LogP contribution in [0.4, 0.5) is 5.69 Å². The third-order valence-electron chi connectivity index (χ3n) is 4.55. The van der Waals surface area contributed by atoms with Gasteiger partial charge in [-0.3, -0.25) is 0 Å². The fourth-order valence-corrected chi connectivity index (χ4v) is 3.59. The summed E-state index contributed by atoms with van der Waals surface area (Å²) >= 11 is 0. The Kier molecular flexibility index (Phi) is 3.06. The molecule has 18 heavy (non-hydrogen) atoms. The van der Waals surface area contributed by atoms with Crippen LogP contribution < -0.4 is 15.2 Å². The van der Waals surface area contributed by atoms with E-state index in [0.29, 0.717) is 11.4 Å². The first-order valence-corrected chi connectivity index (χ1v) is 6.82. The minimum atomic E-state index is 0.642. The fourth-order valence-electron chi connectivity index (χ4n) is 3.59. The van der Waals surface area contributed by atoms with Crippen LogP contribution >= 0.6 is 0 Å². The first kappa shape index (κ1) is 11.7. The lowest BCUT2D eigenvalue weighted by Gasteiger charge is -2.21. The van der Waals surface area contributed by atoms with E-state index < -0.39 is 0 Å². The number of methoxy groups -OCH3 is 1. The van der Waals surface area contributed by atoms with Gasteiger partial charge in [0.05, 0.1) is 19.4 Å². The molecule has 1 aromatic rings. The monoisotopic (exact) mass is 247 g/mol. The minimum Gasteiger partial charge on any atom is -0.495 e. The van der Waals surface area contributed by atoms with Gasteiger partial charge in [0.2, 0.25) is 0 Å². The molecule has 2 bridgehead atoms. The van der Waals surface area contributed by atoms with Gasteiger partial charge in [0.25, 0.3) is 0 Å². The first-order chi connectivity index (χ1) is 8.76. The molecule has 2 aliphatic carbocycles. The van der Waals surface area contributed by atoms with Gasteiger partial charge in [-0.15, -0.1) is 0 Å². The standard InChI is InChI=1S/C15H21NO2/c1-17-15-5-4-13(8-14(15)16)18-9-12-7-10-2-3-11(12)6-10/h4-5,8,10-12H,2-3,6-7,9,16H2,1H3. The quantitative estimate of drug-likeness (QED) is 0.831. The normalized spacial score (nSPS) is 29.5. The predicted molar refractivity (Wildman–Crippen MR) is 71.8 cm³/mol. The summed E-state index contributed by atoms with van der Waals surface area (Å²) in [7, 11) is 1.63. The van der Waals surface area contributed by atoms with E-state index in [9.17, 15) is 0 Å². The van der Waals surface area contributed by atoms with Crippen molar-refractivity contribution in [1.29, 1.82) is 0 Å². The molecule has 2 saturated carbocycles. The van der Waals surface area contributed by atoms with Gasteiger partial charge in [0.1, 0.15) is 11.5 Å². The molecule has 2 N–H and O–H groups in total. The second-order valence-corrected chi connectivity index (χ2v) is 5.65. The van der Waals surface area contributed by atoms with Crippen LogP contribution in [0.5, 0.6) is 11.5 Å². The van der Waals surface area contributed by atoms with Crippen molar-refractivity contribution in [3.05, 3.63) is 18.2 Å². The molecule has 0 aromatic heterocycles. The molecule has 0 amide bonds. The van der Waals surface area contributed by atoms with Crippen molar-refractivity contribution in [2.45, 2.75) is 25.7 Å². The Bertz CT molecular complexity index is 433. The number of benzene rings is 1. The Morgan fingerprint density at radius 2 is 2.17 bits per heavy atom. The lowest BCUT2D eigenvalue weighted by Crippen LogP contribution is -2.18. The molecule has 3 atom stereocenters. The number of hydrogen-bond acceptors (Lipinski definition) is 3. The van der Waals surface area contributed by atoms with E-state index in [0.717, 1.165) is 30.1 Å². The summed E-state index contributed by atoms with van der Waals surface area (Å²) in [5, 5.41) is 0. The molecule has 0 spiro atoms. The summed E-state index contributed by atoms with van der Waals surface area (Å²) < 4.78 is 11.0. The van der Waals surface area contributed by atoms with E-state index in [1.807, 2.05) is 18.2 Å². The Labute approximate surface area is 108 Å². The summed E-state index contributed by atoms with van der Waals surface area (Å²) in [6.45, 7) is 0.840. The number of fused-ring (bicyclic) bond motifs is 2. The molecule has 3 unspecified atom stereocenters. The highest BCUT2D eigenvalue weighted by molar-refractivity contribution is 5.56. The van der Waals surface area contributed by atoms with Gasteiger partial charge in [-0.2, -0.15) is 0 Å². The summed E-state index contributed by atoms with van der Waals surface area (Å²) in [5.74, 6) is 4.21. The molecule has 1 aromatic carbocycles. The van der Waals surface area contributed by atoms with Gasteiger partial charge in [-0.05, 0) is 49.1 Å². The van der Waals surface area contributed by atoms with Crippen LogP contribution in [0, 0.1) is 17.8 Å². The largest absolute Gasteiger partial charge is 0.495 e. The Morgan fingerprint density at radius 1 is 1.28 bits per heavy atom. The topological polar surface area (TPSA) is 44.5 Å². The smallest absolute Gasteiger partial charge is 0.142 e. The van der Waals surface area contributed by atoms with E-state index in [1.165, 1.54) is 25.7 Å². The zero-order valence-electron chi connectivity index (χ0n) is 10.9. The van der Waals surface area contributed by atoms with Crippen molar-refractivity contribution in [3.8, 4) is 11.5 Å². The molecule has 2 aliphatic rings. The molecule has 0 saturated heterocycles.